The van der Waals surface area contributed by atoms with Crippen LogP contribution in [0.2, 0.25) is 0 Å². The second kappa shape index (κ2) is 5.66. The number of amides is 1. The van der Waals surface area contributed by atoms with E-state index in [-0.39, 0.29) is 18.3 Å². The Hall–Kier alpha value is -2.82. The van der Waals surface area contributed by atoms with Gasteiger partial charge in [0.25, 0.3) is 5.91 Å². The molecule has 0 saturated carbocycles. The Balaban J connectivity index is 1.71. The summed E-state index contributed by atoms with van der Waals surface area (Å²) in [6.45, 7) is 0.272. The summed E-state index contributed by atoms with van der Waals surface area (Å²) in [6.07, 6.45) is 1.63. The largest absolute Gasteiger partial charge is 0.346 e. The number of carbonyl (C=O) groups excluding carboxylic acids is 1. The number of hydrogen-bond donors (Lipinski definition) is 1. The minimum absolute atomic E-state index is 0.272. The molecule has 0 unspecified atom stereocenters. The maximum absolute atomic E-state index is 12.8. The van der Waals surface area contributed by atoms with Crippen LogP contribution in [0.3, 0.4) is 0 Å². The smallest absolute Gasteiger partial charge is 0.251 e. The predicted molar refractivity (Wildman–Crippen MR) is 77.1 cm³/mol. The molecule has 0 radical (unpaired) electrons. The normalized spacial score (nSPS) is 10.5. The van der Waals surface area contributed by atoms with Crippen molar-refractivity contribution in [2.75, 3.05) is 0 Å². The number of nitrogens with zero attached hydrogens (tertiary/aromatic N) is 2. The van der Waals surface area contributed by atoms with E-state index in [0.717, 1.165) is 11.0 Å². The molecule has 104 valence electrons. The van der Waals surface area contributed by atoms with Crippen molar-refractivity contribution >= 4 is 16.9 Å². The van der Waals surface area contributed by atoms with Gasteiger partial charge in [0.2, 0.25) is 0 Å². The summed E-state index contributed by atoms with van der Waals surface area (Å²) in [5, 5.41) is 2.74. The maximum atomic E-state index is 12.8. The highest BCUT2D eigenvalue weighted by molar-refractivity contribution is 5.94. The van der Waals surface area contributed by atoms with Crippen molar-refractivity contribution in [3.05, 3.63) is 71.8 Å². The number of benzene rings is 2. The van der Waals surface area contributed by atoms with Gasteiger partial charge < -0.3 is 5.32 Å². The predicted octanol–water partition coefficient (Wildman–Crippen LogP) is 2.70. The fourth-order valence-electron chi connectivity index (χ4n) is 1.95. The summed E-state index contributed by atoms with van der Waals surface area (Å²) in [5.41, 5.74) is 2.67. The molecule has 1 N–H and O–H groups in total. The van der Waals surface area contributed by atoms with Crippen LogP contribution >= 0.6 is 0 Å². The zero-order valence-electron chi connectivity index (χ0n) is 11.1. The quantitative estimate of drug-likeness (QED) is 0.803. The number of halogens is 1. The van der Waals surface area contributed by atoms with Crippen LogP contribution in [-0.2, 0) is 6.54 Å². The van der Waals surface area contributed by atoms with Gasteiger partial charge in [-0.1, -0.05) is 12.1 Å². The van der Waals surface area contributed by atoms with Crippen molar-refractivity contribution < 1.29 is 9.18 Å². The molecule has 0 bridgehead atoms. The Morgan fingerprint density at radius 3 is 2.52 bits per heavy atom. The van der Waals surface area contributed by atoms with E-state index >= 15 is 0 Å². The van der Waals surface area contributed by atoms with Crippen LogP contribution in [0.5, 0.6) is 0 Å². The highest BCUT2D eigenvalue weighted by Crippen LogP contribution is 2.08. The molecule has 3 aromatic rings. The van der Waals surface area contributed by atoms with Crippen LogP contribution in [0.4, 0.5) is 4.39 Å². The summed E-state index contributed by atoms with van der Waals surface area (Å²) in [5.74, 6) is -0.642. The molecule has 4 nitrogen and oxygen atoms in total. The van der Waals surface area contributed by atoms with E-state index in [1.54, 1.807) is 6.20 Å². The molecule has 0 fully saturated rings. The molecule has 0 spiro atoms. The monoisotopic (exact) mass is 281 g/mol. The van der Waals surface area contributed by atoms with Crippen LogP contribution in [0, 0.1) is 5.82 Å². The number of carbonyl (C=O) groups is 1. The summed E-state index contributed by atoms with van der Waals surface area (Å²) in [4.78, 5) is 20.6. The van der Waals surface area contributed by atoms with Crippen LogP contribution in [-0.4, -0.2) is 15.9 Å². The summed E-state index contributed by atoms with van der Waals surface area (Å²) < 4.78 is 12.8. The molecule has 0 saturated heterocycles. The molecular formula is C16H12FN3O. The zero-order valence-corrected chi connectivity index (χ0v) is 11.1. The molecule has 0 aliphatic carbocycles. The molecule has 1 heterocycles. The van der Waals surface area contributed by atoms with E-state index < -0.39 is 0 Å². The molecule has 1 aromatic heterocycles. The molecule has 0 atom stereocenters. The van der Waals surface area contributed by atoms with E-state index in [1.807, 2.05) is 24.3 Å². The summed E-state index contributed by atoms with van der Waals surface area (Å²) >= 11 is 0. The molecule has 5 heteroatoms. The van der Waals surface area contributed by atoms with Gasteiger partial charge in [-0.25, -0.2) is 9.37 Å². The lowest BCUT2D eigenvalue weighted by atomic mass is 10.2. The number of rotatable bonds is 3. The minimum atomic E-state index is -0.369. The average molecular weight is 281 g/mol. The zero-order chi connectivity index (χ0) is 14.7. The third-order valence-electron chi connectivity index (χ3n) is 3.03. The standard InChI is InChI=1S/C16H12FN3O/c17-12-7-5-11(6-8-12)16(21)19-10-13-9-18-14-3-1-2-4-15(14)20-13/h1-9H,10H2,(H,19,21). The van der Waals surface area contributed by atoms with Gasteiger partial charge in [0, 0.05) is 5.56 Å². The number of fused-ring (bicyclic) bond motifs is 1. The SMILES string of the molecule is O=C(NCc1cnc2ccccc2n1)c1ccc(F)cc1. The van der Waals surface area contributed by atoms with Gasteiger partial charge in [-0.2, -0.15) is 0 Å². The molecule has 21 heavy (non-hydrogen) atoms. The van der Waals surface area contributed by atoms with Gasteiger partial charge in [-0.3, -0.25) is 9.78 Å². The Morgan fingerprint density at radius 2 is 1.76 bits per heavy atom. The van der Waals surface area contributed by atoms with E-state index in [9.17, 15) is 9.18 Å². The lowest BCUT2D eigenvalue weighted by molar-refractivity contribution is 0.0950. The molecule has 2 aromatic carbocycles. The fourth-order valence-corrected chi connectivity index (χ4v) is 1.95. The third-order valence-corrected chi connectivity index (χ3v) is 3.03. The second-order valence-electron chi connectivity index (χ2n) is 4.54. The number of hydrogen-bond acceptors (Lipinski definition) is 3. The fraction of sp³-hybridized carbons (Fsp3) is 0.0625. The first-order valence-corrected chi connectivity index (χ1v) is 6.47. The number of nitrogens with one attached hydrogen (secondary N) is 1. The lowest BCUT2D eigenvalue weighted by Gasteiger charge is -2.05. The van der Waals surface area contributed by atoms with Gasteiger partial charge >= 0.3 is 0 Å². The van der Waals surface area contributed by atoms with Gasteiger partial charge in [0.05, 0.1) is 29.5 Å². The third kappa shape index (κ3) is 3.02. The molecule has 3 rings (SSSR count). The highest BCUT2D eigenvalue weighted by Gasteiger charge is 2.06. The molecular weight excluding hydrogens is 269 g/mol. The van der Waals surface area contributed by atoms with E-state index in [0.29, 0.717) is 11.3 Å². The van der Waals surface area contributed by atoms with Crippen molar-refractivity contribution in [2.45, 2.75) is 6.54 Å². The first-order chi connectivity index (χ1) is 10.2. The van der Waals surface area contributed by atoms with Gasteiger partial charge in [-0.15, -0.1) is 0 Å². The van der Waals surface area contributed by atoms with Crippen LogP contribution in [0.25, 0.3) is 11.0 Å². The van der Waals surface area contributed by atoms with Crippen LogP contribution in [0.15, 0.2) is 54.7 Å². The van der Waals surface area contributed by atoms with E-state index in [2.05, 4.69) is 15.3 Å². The van der Waals surface area contributed by atoms with Crippen molar-refractivity contribution in [3.8, 4) is 0 Å². The van der Waals surface area contributed by atoms with Gasteiger partial charge in [0.1, 0.15) is 5.82 Å². The topological polar surface area (TPSA) is 54.9 Å². The van der Waals surface area contributed by atoms with Crippen molar-refractivity contribution in [1.29, 1.82) is 0 Å². The van der Waals surface area contributed by atoms with E-state index in [1.165, 1.54) is 24.3 Å². The Labute approximate surface area is 120 Å². The molecule has 1 amide bonds. The van der Waals surface area contributed by atoms with Crippen molar-refractivity contribution in [2.24, 2.45) is 0 Å². The number of aromatic nitrogens is 2. The Kier molecular flexibility index (Phi) is 3.55. The molecule has 0 aliphatic rings. The number of para-hydroxylation sites is 2. The molecule has 0 aliphatic heterocycles. The second-order valence-corrected chi connectivity index (χ2v) is 4.54. The van der Waals surface area contributed by atoms with Gasteiger partial charge in [0.15, 0.2) is 0 Å². The minimum Gasteiger partial charge on any atom is -0.346 e. The summed E-state index contributed by atoms with van der Waals surface area (Å²) in [7, 11) is 0. The lowest BCUT2D eigenvalue weighted by Crippen LogP contribution is -2.23. The average Bonchev–Trinajstić information content (AvgIpc) is 2.53. The van der Waals surface area contributed by atoms with Crippen molar-refractivity contribution in [3.63, 3.8) is 0 Å². The Morgan fingerprint density at radius 1 is 1.05 bits per heavy atom. The Bertz CT molecular complexity index is 787. The highest BCUT2D eigenvalue weighted by atomic mass is 19.1. The van der Waals surface area contributed by atoms with Crippen LogP contribution < -0.4 is 5.32 Å². The first-order valence-electron chi connectivity index (χ1n) is 6.47. The van der Waals surface area contributed by atoms with Gasteiger partial charge in [-0.05, 0) is 36.4 Å². The van der Waals surface area contributed by atoms with E-state index in [4.69, 9.17) is 0 Å². The first kappa shape index (κ1) is 13.2. The summed E-state index contributed by atoms with van der Waals surface area (Å²) in [6, 6.07) is 12.9. The maximum Gasteiger partial charge on any atom is 0.251 e. The van der Waals surface area contributed by atoms with Crippen molar-refractivity contribution in [1.82, 2.24) is 15.3 Å². The van der Waals surface area contributed by atoms with Crippen LogP contribution in [0.1, 0.15) is 16.1 Å².